The minimum absolute atomic E-state index is 0.785. The second-order valence-electron chi connectivity index (χ2n) is 6.57. The molecule has 18 heteroatoms. The molecule has 0 saturated heterocycles. The molecule has 1 saturated carbocycles. The lowest BCUT2D eigenvalue weighted by Crippen LogP contribution is -2.62. The van der Waals surface area contributed by atoms with Crippen molar-refractivity contribution in [1.82, 2.24) is 0 Å². The van der Waals surface area contributed by atoms with E-state index in [1.54, 1.807) is 0 Å². The van der Waals surface area contributed by atoms with Crippen molar-refractivity contribution in [1.29, 1.82) is 0 Å². The molecule has 32 heavy (non-hydrogen) atoms. The Kier molecular flexibility index (Phi) is 7.34. The molecule has 0 N–H and O–H groups in total. The van der Waals surface area contributed by atoms with Crippen molar-refractivity contribution in [3.05, 3.63) is 0 Å². The summed E-state index contributed by atoms with van der Waals surface area (Å²) in [7, 11) is 0. The molecule has 0 aromatic heterocycles. The lowest BCUT2D eigenvalue weighted by atomic mass is 9.82. The number of hydrogen-bond donors (Lipinski definition) is 0. The van der Waals surface area contributed by atoms with E-state index in [0.717, 1.165) is 0 Å². The Balaban J connectivity index is 2.79. The molecule has 4 nitrogen and oxygen atoms in total. The van der Waals surface area contributed by atoms with Crippen molar-refractivity contribution in [2.75, 3.05) is 0 Å². The summed E-state index contributed by atoms with van der Waals surface area (Å²) in [4.78, 5) is 22.9. The third kappa shape index (κ3) is 5.29. The molecule has 0 unspecified atom stereocenters. The van der Waals surface area contributed by atoms with Gasteiger partial charge >= 0.3 is 48.4 Å². The first-order chi connectivity index (χ1) is 14.0. The van der Waals surface area contributed by atoms with Crippen LogP contribution in [-0.2, 0) is 19.1 Å². The molecular formula is C14H10F14O4. The summed E-state index contributed by atoms with van der Waals surface area (Å²) in [6, 6.07) is 0. The van der Waals surface area contributed by atoms with Gasteiger partial charge in [-0.1, -0.05) is 0 Å². The van der Waals surface area contributed by atoms with Gasteiger partial charge in [-0.15, -0.1) is 0 Å². The zero-order valence-electron chi connectivity index (χ0n) is 14.9. The summed E-state index contributed by atoms with van der Waals surface area (Å²) in [6.45, 7) is 0. The molecule has 0 bridgehead atoms. The smallest absolute Gasteiger partial charge is 0.396 e. The van der Waals surface area contributed by atoms with Crippen LogP contribution in [-0.4, -0.2) is 48.4 Å². The maximum absolute atomic E-state index is 13.3. The third-order valence-corrected chi connectivity index (χ3v) is 4.30. The summed E-state index contributed by atoms with van der Waals surface area (Å²) < 4.78 is 181. The van der Waals surface area contributed by atoms with Gasteiger partial charge in [0, 0.05) is 0 Å². The van der Waals surface area contributed by atoms with Crippen LogP contribution in [0.2, 0.25) is 0 Å². The SMILES string of the molecule is O=C(OC(F)(F)C(F)(F)F)C1CCC(C(=O)OC(F)(F)C(F)(F)C(F)(F)C(F)(F)F)CC1. The van der Waals surface area contributed by atoms with Gasteiger partial charge in [0.15, 0.2) is 0 Å². The fourth-order valence-electron chi connectivity index (χ4n) is 2.47. The molecule has 0 aliphatic heterocycles. The highest BCUT2D eigenvalue weighted by molar-refractivity contribution is 5.75. The highest BCUT2D eigenvalue weighted by atomic mass is 19.4. The fraction of sp³-hybridized carbons (Fsp3) is 0.857. The lowest BCUT2D eigenvalue weighted by molar-refractivity contribution is -0.435. The number of esters is 2. The Morgan fingerprint density at radius 2 is 0.812 bits per heavy atom. The van der Waals surface area contributed by atoms with E-state index in [4.69, 9.17) is 0 Å². The molecule has 0 heterocycles. The van der Waals surface area contributed by atoms with E-state index >= 15 is 0 Å². The summed E-state index contributed by atoms with van der Waals surface area (Å²) in [5.74, 6) is -22.6. The van der Waals surface area contributed by atoms with Crippen molar-refractivity contribution in [3.63, 3.8) is 0 Å². The van der Waals surface area contributed by atoms with E-state index in [1.807, 2.05) is 0 Å². The molecule has 0 atom stereocenters. The Morgan fingerprint density at radius 3 is 1.09 bits per heavy atom. The number of alkyl halides is 14. The Morgan fingerprint density at radius 1 is 0.500 bits per heavy atom. The maximum Gasteiger partial charge on any atom is 0.501 e. The molecule has 0 radical (unpaired) electrons. The topological polar surface area (TPSA) is 52.6 Å². The number of ether oxygens (including phenoxy) is 2. The highest BCUT2D eigenvalue weighted by Gasteiger charge is 2.84. The van der Waals surface area contributed by atoms with Crippen LogP contribution < -0.4 is 0 Å². The molecule has 1 aliphatic carbocycles. The molecule has 188 valence electrons. The van der Waals surface area contributed by atoms with Crippen LogP contribution >= 0.6 is 0 Å². The first-order valence-corrected chi connectivity index (χ1v) is 8.08. The molecule has 0 aromatic carbocycles. The van der Waals surface area contributed by atoms with E-state index in [-0.39, 0.29) is 0 Å². The Labute approximate surface area is 167 Å². The second kappa shape index (κ2) is 8.39. The quantitative estimate of drug-likeness (QED) is 0.354. The molecule has 1 aliphatic rings. The van der Waals surface area contributed by atoms with Crippen LogP contribution in [0.3, 0.4) is 0 Å². The number of carbonyl (C=O) groups is 2. The third-order valence-electron chi connectivity index (χ3n) is 4.30. The van der Waals surface area contributed by atoms with Gasteiger partial charge in [-0.3, -0.25) is 9.59 Å². The number of carbonyl (C=O) groups excluding carboxylic acids is 2. The standard InChI is InChI=1S/C14H10F14O4/c15-9(16,11(19,20)21)10(17,18)13(25,26)31-7(29)5-1-3-6(4-2-5)8(30)32-14(27,28)12(22,23)24/h5-6H,1-4H2. The van der Waals surface area contributed by atoms with Gasteiger partial charge in [0.1, 0.15) is 0 Å². The zero-order chi connectivity index (χ0) is 25.6. The van der Waals surface area contributed by atoms with Crippen LogP contribution in [0.4, 0.5) is 61.5 Å². The van der Waals surface area contributed by atoms with E-state index in [9.17, 15) is 71.1 Å². The van der Waals surface area contributed by atoms with E-state index in [2.05, 4.69) is 9.47 Å². The van der Waals surface area contributed by atoms with Crippen LogP contribution in [0.1, 0.15) is 25.7 Å². The van der Waals surface area contributed by atoms with Gasteiger partial charge in [-0.25, -0.2) is 0 Å². The van der Waals surface area contributed by atoms with Crippen molar-refractivity contribution >= 4 is 11.9 Å². The van der Waals surface area contributed by atoms with Crippen molar-refractivity contribution < 1.29 is 80.5 Å². The first kappa shape index (κ1) is 28.0. The fourth-order valence-corrected chi connectivity index (χ4v) is 2.47. The molecule has 1 rings (SSSR count). The molecule has 1 fully saturated rings. The molecule has 0 amide bonds. The van der Waals surface area contributed by atoms with Crippen LogP contribution in [0.15, 0.2) is 0 Å². The van der Waals surface area contributed by atoms with Gasteiger partial charge < -0.3 is 9.47 Å². The van der Waals surface area contributed by atoms with Crippen molar-refractivity contribution in [2.24, 2.45) is 11.8 Å². The van der Waals surface area contributed by atoms with E-state index in [0.29, 0.717) is 0 Å². The van der Waals surface area contributed by atoms with Gasteiger partial charge in [-0.05, 0) is 25.7 Å². The highest BCUT2D eigenvalue weighted by Crippen LogP contribution is 2.53. The molecule has 0 spiro atoms. The van der Waals surface area contributed by atoms with Gasteiger partial charge in [-0.2, -0.15) is 61.5 Å². The van der Waals surface area contributed by atoms with Crippen molar-refractivity contribution in [2.45, 2.75) is 62.1 Å². The van der Waals surface area contributed by atoms with Crippen LogP contribution in [0, 0.1) is 11.8 Å². The average Bonchev–Trinajstić information content (AvgIpc) is 2.58. The first-order valence-electron chi connectivity index (χ1n) is 8.08. The number of hydrogen-bond acceptors (Lipinski definition) is 4. The Hall–Kier alpha value is -2.04. The summed E-state index contributed by atoms with van der Waals surface area (Å²) in [6.07, 6.45) is -29.2. The monoisotopic (exact) mass is 508 g/mol. The van der Waals surface area contributed by atoms with Gasteiger partial charge in [0.25, 0.3) is 0 Å². The summed E-state index contributed by atoms with van der Waals surface area (Å²) in [5, 5.41) is 0. The lowest BCUT2D eigenvalue weighted by Gasteiger charge is -2.34. The van der Waals surface area contributed by atoms with Crippen LogP contribution in [0.25, 0.3) is 0 Å². The Bertz CT molecular complexity index is 703. The van der Waals surface area contributed by atoms with Gasteiger partial charge in [0.2, 0.25) is 0 Å². The normalized spacial score (nSPS) is 21.8. The van der Waals surface area contributed by atoms with Gasteiger partial charge in [0.05, 0.1) is 11.8 Å². The van der Waals surface area contributed by atoms with E-state index in [1.165, 1.54) is 0 Å². The molecular weight excluding hydrogens is 498 g/mol. The number of halogens is 14. The summed E-state index contributed by atoms with van der Waals surface area (Å²) >= 11 is 0. The average molecular weight is 508 g/mol. The minimum Gasteiger partial charge on any atom is -0.396 e. The zero-order valence-corrected chi connectivity index (χ0v) is 14.9. The molecule has 0 aromatic rings. The second-order valence-corrected chi connectivity index (χ2v) is 6.57. The predicted octanol–water partition coefficient (Wildman–Crippen LogP) is 5.46. The van der Waals surface area contributed by atoms with Crippen molar-refractivity contribution in [3.8, 4) is 0 Å². The largest absolute Gasteiger partial charge is 0.501 e. The summed E-state index contributed by atoms with van der Waals surface area (Å²) in [5.41, 5.74) is 0. The van der Waals surface area contributed by atoms with Crippen LogP contribution in [0.5, 0.6) is 0 Å². The predicted molar refractivity (Wildman–Crippen MR) is 69.5 cm³/mol. The number of rotatable bonds is 6. The van der Waals surface area contributed by atoms with E-state index < -0.39 is 85.9 Å². The maximum atomic E-state index is 13.3. The minimum atomic E-state index is -7.31.